The molecule has 4 N–H and O–H groups in total. The van der Waals surface area contributed by atoms with Crippen LogP contribution in [0.1, 0.15) is 6.42 Å². The van der Waals surface area contributed by atoms with Crippen molar-refractivity contribution in [3.8, 4) is 0 Å². The maximum atomic E-state index is 12.1. The highest BCUT2D eigenvalue weighted by atomic mass is 79.9. The average molecular weight is 346 g/mol. The predicted molar refractivity (Wildman–Crippen MR) is 82.3 cm³/mol. The van der Waals surface area contributed by atoms with Gasteiger partial charge >= 0.3 is 6.03 Å². The molecule has 1 unspecified atom stereocenters. The standard InChI is InChI=1S/C12H16BrN3O2S/c1-19-6-5-10(16-12(14)18)11(17)15-9-4-2-3-8(13)7-9/h2-4,7,10H,5-6H2,1H3,(H,15,17)(H3,14,16,18). The zero-order valence-electron chi connectivity index (χ0n) is 10.5. The first-order valence-corrected chi connectivity index (χ1v) is 7.83. The van der Waals surface area contributed by atoms with Crippen molar-refractivity contribution in [3.05, 3.63) is 28.7 Å². The molecule has 1 aromatic carbocycles. The van der Waals surface area contributed by atoms with Gasteiger partial charge in [0.1, 0.15) is 6.04 Å². The van der Waals surface area contributed by atoms with Crippen LogP contribution in [0, 0.1) is 0 Å². The molecule has 0 fully saturated rings. The second-order valence-corrected chi connectivity index (χ2v) is 5.74. The molecule has 104 valence electrons. The quantitative estimate of drug-likeness (QED) is 0.738. The summed E-state index contributed by atoms with van der Waals surface area (Å²) in [4.78, 5) is 23.0. The second-order valence-electron chi connectivity index (χ2n) is 3.84. The molecular weight excluding hydrogens is 330 g/mol. The van der Waals surface area contributed by atoms with Crippen molar-refractivity contribution in [3.63, 3.8) is 0 Å². The van der Waals surface area contributed by atoms with Gasteiger partial charge in [0.25, 0.3) is 0 Å². The van der Waals surface area contributed by atoms with E-state index < -0.39 is 12.1 Å². The molecule has 0 radical (unpaired) electrons. The SMILES string of the molecule is CSCCC(NC(N)=O)C(=O)Nc1cccc(Br)c1. The van der Waals surface area contributed by atoms with Crippen molar-refractivity contribution < 1.29 is 9.59 Å². The summed E-state index contributed by atoms with van der Waals surface area (Å²) >= 11 is 4.93. The van der Waals surface area contributed by atoms with Crippen molar-refractivity contribution in [2.75, 3.05) is 17.3 Å². The van der Waals surface area contributed by atoms with Crippen molar-refractivity contribution in [2.24, 2.45) is 5.73 Å². The maximum Gasteiger partial charge on any atom is 0.312 e. The highest BCUT2D eigenvalue weighted by Crippen LogP contribution is 2.16. The number of hydrogen-bond acceptors (Lipinski definition) is 3. The van der Waals surface area contributed by atoms with Crippen molar-refractivity contribution >= 4 is 45.3 Å². The lowest BCUT2D eigenvalue weighted by atomic mass is 10.2. The Balaban J connectivity index is 2.67. The summed E-state index contributed by atoms with van der Waals surface area (Å²) in [5.74, 6) is 0.488. The first-order chi connectivity index (χ1) is 9.02. The molecule has 1 rings (SSSR count). The highest BCUT2D eigenvalue weighted by Gasteiger charge is 2.19. The van der Waals surface area contributed by atoms with E-state index in [1.165, 1.54) is 0 Å². The molecule has 0 aliphatic rings. The summed E-state index contributed by atoms with van der Waals surface area (Å²) in [5, 5.41) is 5.20. The molecule has 1 atom stereocenters. The lowest BCUT2D eigenvalue weighted by molar-refractivity contribution is -0.117. The molecular formula is C12H16BrN3O2S. The Bertz CT molecular complexity index is 456. The average Bonchev–Trinajstić information content (AvgIpc) is 2.34. The molecule has 0 heterocycles. The van der Waals surface area contributed by atoms with Gasteiger partial charge in [0.05, 0.1) is 0 Å². The zero-order chi connectivity index (χ0) is 14.3. The number of thioether (sulfide) groups is 1. The number of rotatable bonds is 6. The molecule has 5 nitrogen and oxygen atoms in total. The van der Waals surface area contributed by atoms with Crippen molar-refractivity contribution in [2.45, 2.75) is 12.5 Å². The summed E-state index contributed by atoms with van der Waals surface area (Å²) in [7, 11) is 0. The van der Waals surface area contributed by atoms with Crippen LogP contribution >= 0.6 is 27.7 Å². The smallest absolute Gasteiger partial charge is 0.312 e. The lowest BCUT2D eigenvalue weighted by Crippen LogP contribution is -2.46. The van der Waals surface area contributed by atoms with Crippen LogP contribution in [0.15, 0.2) is 28.7 Å². The third kappa shape index (κ3) is 5.98. The molecule has 7 heteroatoms. The van der Waals surface area contributed by atoms with E-state index in [9.17, 15) is 9.59 Å². The van der Waals surface area contributed by atoms with Gasteiger partial charge in [0.2, 0.25) is 5.91 Å². The fourth-order valence-electron chi connectivity index (χ4n) is 1.47. The molecule has 0 bridgehead atoms. The zero-order valence-corrected chi connectivity index (χ0v) is 12.9. The van der Waals surface area contributed by atoms with Crippen LogP contribution in [0.4, 0.5) is 10.5 Å². The molecule has 0 aromatic heterocycles. The number of urea groups is 1. The van der Waals surface area contributed by atoms with Gasteiger partial charge in [-0.25, -0.2) is 4.79 Å². The van der Waals surface area contributed by atoms with E-state index >= 15 is 0 Å². The van der Waals surface area contributed by atoms with E-state index in [0.29, 0.717) is 12.1 Å². The van der Waals surface area contributed by atoms with E-state index in [1.807, 2.05) is 18.4 Å². The van der Waals surface area contributed by atoms with E-state index in [2.05, 4.69) is 26.6 Å². The minimum absolute atomic E-state index is 0.272. The lowest BCUT2D eigenvalue weighted by Gasteiger charge is -2.16. The van der Waals surface area contributed by atoms with Crippen LogP contribution < -0.4 is 16.4 Å². The summed E-state index contributed by atoms with van der Waals surface area (Å²) < 4.78 is 0.869. The Hall–Kier alpha value is -1.21. The molecule has 0 aliphatic carbocycles. The summed E-state index contributed by atoms with van der Waals surface area (Å²) in [5.41, 5.74) is 5.74. The van der Waals surface area contributed by atoms with Gasteiger partial charge in [-0.05, 0) is 36.6 Å². The number of carbonyl (C=O) groups excluding carboxylic acids is 2. The molecule has 19 heavy (non-hydrogen) atoms. The first-order valence-electron chi connectivity index (χ1n) is 5.64. The van der Waals surface area contributed by atoms with Crippen LogP contribution in [0.25, 0.3) is 0 Å². The molecule has 0 spiro atoms. The number of anilines is 1. The third-order valence-electron chi connectivity index (χ3n) is 2.34. The van der Waals surface area contributed by atoms with Gasteiger partial charge in [0.15, 0.2) is 0 Å². The van der Waals surface area contributed by atoms with Crippen molar-refractivity contribution in [1.82, 2.24) is 5.32 Å². The topological polar surface area (TPSA) is 84.2 Å². The predicted octanol–water partition coefficient (Wildman–Crippen LogP) is 2.18. The minimum atomic E-state index is -0.699. The fraction of sp³-hybridized carbons (Fsp3) is 0.333. The second kappa shape index (κ2) is 8.06. The Morgan fingerprint density at radius 3 is 2.79 bits per heavy atom. The number of carbonyl (C=O) groups is 2. The minimum Gasteiger partial charge on any atom is -0.352 e. The van der Waals surface area contributed by atoms with Gasteiger partial charge in [-0.2, -0.15) is 11.8 Å². The summed E-state index contributed by atoms with van der Waals surface area (Å²) in [6, 6.07) is 5.92. The van der Waals surface area contributed by atoms with Crippen molar-refractivity contribution in [1.29, 1.82) is 0 Å². The van der Waals surface area contributed by atoms with E-state index in [4.69, 9.17) is 5.73 Å². The number of amides is 3. The fourth-order valence-corrected chi connectivity index (χ4v) is 2.34. The van der Waals surface area contributed by atoms with Gasteiger partial charge in [-0.15, -0.1) is 0 Å². The number of halogens is 1. The Labute approximate surface area is 124 Å². The van der Waals surface area contributed by atoms with Crippen LogP contribution in [-0.4, -0.2) is 30.0 Å². The number of nitrogens with two attached hydrogens (primary N) is 1. The van der Waals surface area contributed by atoms with Crippen LogP contribution in [-0.2, 0) is 4.79 Å². The third-order valence-corrected chi connectivity index (χ3v) is 3.47. The molecule has 0 saturated heterocycles. The van der Waals surface area contributed by atoms with Crippen LogP contribution in [0.2, 0.25) is 0 Å². The van der Waals surface area contributed by atoms with Gasteiger partial charge in [0, 0.05) is 10.2 Å². The Morgan fingerprint density at radius 2 is 2.21 bits per heavy atom. The van der Waals surface area contributed by atoms with Gasteiger partial charge in [-0.1, -0.05) is 22.0 Å². The molecule has 3 amide bonds. The maximum absolute atomic E-state index is 12.1. The Kier molecular flexibility index (Phi) is 6.72. The van der Waals surface area contributed by atoms with E-state index in [1.54, 1.807) is 23.9 Å². The summed E-state index contributed by atoms with van der Waals surface area (Å²) in [6.07, 6.45) is 2.47. The number of benzene rings is 1. The number of nitrogens with one attached hydrogen (secondary N) is 2. The van der Waals surface area contributed by atoms with Gasteiger partial charge in [-0.3, -0.25) is 4.79 Å². The van der Waals surface area contributed by atoms with E-state index in [-0.39, 0.29) is 5.91 Å². The van der Waals surface area contributed by atoms with Crippen LogP contribution in [0.5, 0.6) is 0 Å². The van der Waals surface area contributed by atoms with Crippen LogP contribution in [0.3, 0.4) is 0 Å². The largest absolute Gasteiger partial charge is 0.352 e. The monoisotopic (exact) mass is 345 g/mol. The van der Waals surface area contributed by atoms with Gasteiger partial charge < -0.3 is 16.4 Å². The number of primary amides is 1. The summed E-state index contributed by atoms with van der Waals surface area (Å²) in [6.45, 7) is 0. The molecule has 0 saturated carbocycles. The molecule has 0 aliphatic heterocycles. The molecule has 1 aromatic rings. The first kappa shape index (κ1) is 15.8. The highest BCUT2D eigenvalue weighted by molar-refractivity contribution is 9.10. The number of hydrogen-bond donors (Lipinski definition) is 3. The Morgan fingerprint density at radius 1 is 1.47 bits per heavy atom. The van der Waals surface area contributed by atoms with E-state index in [0.717, 1.165) is 10.2 Å². The normalized spacial score (nSPS) is 11.7.